The monoisotopic (exact) mass is 340 g/mol. The molecule has 2 N–H and O–H groups in total. The molecule has 0 aliphatic heterocycles. The van der Waals surface area contributed by atoms with Crippen LogP contribution in [0.25, 0.3) is 0 Å². The van der Waals surface area contributed by atoms with E-state index in [4.69, 9.17) is 4.74 Å². The number of aliphatic hydroxyl groups excluding tert-OH is 1. The number of rotatable bonds is 5. The summed E-state index contributed by atoms with van der Waals surface area (Å²) in [6.45, 7) is 4.97. The molecule has 0 aliphatic rings. The van der Waals surface area contributed by atoms with Gasteiger partial charge in [0, 0.05) is 12.1 Å². The molecule has 24 heavy (non-hydrogen) atoms. The van der Waals surface area contributed by atoms with Gasteiger partial charge in [0.1, 0.15) is 5.60 Å². The van der Waals surface area contributed by atoms with Gasteiger partial charge in [0.2, 0.25) is 0 Å². The Labute approximate surface area is 138 Å². The van der Waals surface area contributed by atoms with Crippen molar-refractivity contribution >= 4 is 17.7 Å². The number of ether oxygens (including phenoxy) is 2. The van der Waals surface area contributed by atoms with Crippen molar-refractivity contribution in [2.75, 3.05) is 7.11 Å². The number of nitro benzene ring substituents is 1. The molecule has 1 amide bonds. The van der Waals surface area contributed by atoms with E-state index in [1.54, 1.807) is 20.8 Å². The third-order valence-electron chi connectivity index (χ3n) is 2.89. The first-order valence-corrected chi connectivity index (χ1v) is 7.05. The minimum atomic E-state index is -1.70. The van der Waals surface area contributed by atoms with Crippen LogP contribution in [0.5, 0.6) is 0 Å². The fourth-order valence-electron chi connectivity index (χ4n) is 1.84. The van der Waals surface area contributed by atoms with Gasteiger partial charge in [-0.05, 0) is 26.3 Å². The SMILES string of the molecule is COC(=O)[C@H](O)[C@@H](NC(=O)OC(C)(C)C)c1ccc([N+](=O)[O-])cc1. The van der Waals surface area contributed by atoms with Gasteiger partial charge in [0.15, 0.2) is 6.10 Å². The Morgan fingerprint density at radius 2 is 1.79 bits per heavy atom. The summed E-state index contributed by atoms with van der Waals surface area (Å²) < 4.78 is 9.56. The lowest BCUT2D eigenvalue weighted by Gasteiger charge is -2.25. The van der Waals surface area contributed by atoms with Crippen LogP contribution < -0.4 is 5.32 Å². The van der Waals surface area contributed by atoms with Crippen LogP contribution in [0.4, 0.5) is 10.5 Å². The number of nitrogens with one attached hydrogen (secondary N) is 1. The summed E-state index contributed by atoms with van der Waals surface area (Å²) in [7, 11) is 1.09. The smallest absolute Gasteiger partial charge is 0.408 e. The number of esters is 1. The molecule has 132 valence electrons. The second-order valence-electron chi connectivity index (χ2n) is 5.94. The molecule has 0 saturated carbocycles. The van der Waals surface area contributed by atoms with Crippen molar-refractivity contribution in [2.45, 2.75) is 38.5 Å². The number of nitro groups is 1. The minimum Gasteiger partial charge on any atom is -0.467 e. The van der Waals surface area contributed by atoms with E-state index in [2.05, 4.69) is 10.1 Å². The molecule has 1 rings (SSSR count). The average Bonchev–Trinajstić information content (AvgIpc) is 2.49. The van der Waals surface area contributed by atoms with Gasteiger partial charge in [0.05, 0.1) is 18.1 Å². The maximum Gasteiger partial charge on any atom is 0.408 e. The third-order valence-corrected chi connectivity index (χ3v) is 2.89. The number of aliphatic hydroxyl groups is 1. The van der Waals surface area contributed by atoms with E-state index in [0.29, 0.717) is 0 Å². The Hall–Kier alpha value is -2.68. The molecule has 0 aliphatic carbocycles. The lowest BCUT2D eigenvalue weighted by molar-refractivity contribution is -0.384. The Bertz CT molecular complexity index is 607. The highest BCUT2D eigenvalue weighted by Crippen LogP contribution is 2.22. The normalized spacial score (nSPS) is 13.5. The Morgan fingerprint density at radius 1 is 1.25 bits per heavy atom. The zero-order valence-corrected chi connectivity index (χ0v) is 13.8. The van der Waals surface area contributed by atoms with Crippen molar-refractivity contribution in [1.29, 1.82) is 0 Å². The lowest BCUT2D eigenvalue weighted by Crippen LogP contribution is -2.43. The molecule has 0 heterocycles. The maximum atomic E-state index is 11.9. The van der Waals surface area contributed by atoms with Crippen molar-refractivity contribution in [2.24, 2.45) is 0 Å². The number of amides is 1. The molecule has 0 bridgehead atoms. The highest BCUT2D eigenvalue weighted by molar-refractivity contribution is 5.77. The Kier molecular flexibility index (Phi) is 6.24. The number of benzene rings is 1. The molecule has 0 spiro atoms. The lowest BCUT2D eigenvalue weighted by atomic mass is 10.0. The van der Waals surface area contributed by atoms with Crippen LogP contribution in [0.1, 0.15) is 32.4 Å². The van der Waals surface area contributed by atoms with Crippen molar-refractivity contribution in [3.05, 3.63) is 39.9 Å². The zero-order valence-electron chi connectivity index (χ0n) is 13.8. The molecule has 0 radical (unpaired) electrons. The summed E-state index contributed by atoms with van der Waals surface area (Å²) in [6, 6.07) is 3.86. The third kappa shape index (κ3) is 5.51. The van der Waals surface area contributed by atoms with Crippen molar-refractivity contribution in [3.8, 4) is 0 Å². The second-order valence-corrected chi connectivity index (χ2v) is 5.94. The zero-order chi connectivity index (χ0) is 18.5. The Balaban J connectivity index is 3.07. The van der Waals surface area contributed by atoms with Gasteiger partial charge in [-0.15, -0.1) is 0 Å². The largest absolute Gasteiger partial charge is 0.467 e. The Morgan fingerprint density at radius 3 is 2.21 bits per heavy atom. The molecule has 0 saturated heterocycles. The number of carbonyl (C=O) groups excluding carboxylic acids is 2. The van der Waals surface area contributed by atoms with Gasteiger partial charge >= 0.3 is 12.1 Å². The number of nitrogens with zero attached hydrogens (tertiary/aromatic N) is 1. The molecular weight excluding hydrogens is 320 g/mol. The van der Waals surface area contributed by atoms with Crippen LogP contribution in [0.3, 0.4) is 0 Å². The molecule has 0 aromatic heterocycles. The number of non-ortho nitro benzene ring substituents is 1. The number of carbonyl (C=O) groups is 2. The van der Waals surface area contributed by atoms with Crippen LogP contribution >= 0.6 is 0 Å². The summed E-state index contributed by atoms with van der Waals surface area (Å²) in [5.74, 6) is -0.964. The summed E-state index contributed by atoms with van der Waals surface area (Å²) in [5, 5.41) is 23.1. The van der Waals surface area contributed by atoms with Gasteiger partial charge in [-0.3, -0.25) is 10.1 Å². The first-order valence-electron chi connectivity index (χ1n) is 7.05. The summed E-state index contributed by atoms with van der Waals surface area (Å²) in [5.41, 5.74) is -0.660. The molecule has 1 aromatic carbocycles. The van der Waals surface area contributed by atoms with E-state index < -0.39 is 34.7 Å². The van der Waals surface area contributed by atoms with Crippen molar-refractivity contribution < 1.29 is 29.1 Å². The minimum absolute atomic E-state index is 0.165. The van der Waals surface area contributed by atoms with E-state index >= 15 is 0 Å². The number of alkyl carbamates (subject to hydrolysis) is 1. The summed E-state index contributed by atoms with van der Waals surface area (Å²) >= 11 is 0. The van der Waals surface area contributed by atoms with Gasteiger partial charge in [-0.25, -0.2) is 9.59 Å². The number of hydrogen-bond donors (Lipinski definition) is 2. The van der Waals surface area contributed by atoms with E-state index in [1.165, 1.54) is 24.3 Å². The van der Waals surface area contributed by atoms with Crippen LogP contribution in [0, 0.1) is 10.1 Å². The topological polar surface area (TPSA) is 128 Å². The van der Waals surface area contributed by atoms with E-state index in [-0.39, 0.29) is 11.3 Å². The average molecular weight is 340 g/mol. The van der Waals surface area contributed by atoms with E-state index in [1.807, 2.05) is 0 Å². The van der Waals surface area contributed by atoms with Gasteiger partial charge in [-0.1, -0.05) is 12.1 Å². The molecule has 9 nitrogen and oxygen atoms in total. The van der Waals surface area contributed by atoms with Gasteiger partial charge < -0.3 is 19.9 Å². The van der Waals surface area contributed by atoms with Crippen LogP contribution in [-0.2, 0) is 14.3 Å². The number of methoxy groups -OCH3 is 1. The van der Waals surface area contributed by atoms with Crippen molar-refractivity contribution in [1.82, 2.24) is 5.32 Å². The first-order chi connectivity index (χ1) is 11.0. The summed E-state index contributed by atoms with van der Waals surface area (Å²) in [4.78, 5) is 33.6. The summed E-state index contributed by atoms with van der Waals surface area (Å²) in [6.07, 6.45) is -2.56. The maximum absolute atomic E-state index is 11.9. The molecule has 0 unspecified atom stereocenters. The molecule has 9 heteroatoms. The fraction of sp³-hybridized carbons (Fsp3) is 0.467. The van der Waals surface area contributed by atoms with Crippen LogP contribution in [-0.4, -0.2) is 40.9 Å². The second kappa shape index (κ2) is 7.73. The highest BCUT2D eigenvalue weighted by atomic mass is 16.6. The van der Waals surface area contributed by atoms with E-state index in [0.717, 1.165) is 7.11 Å². The van der Waals surface area contributed by atoms with Crippen LogP contribution in [0.15, 0.2) is 24.3 Å². The molecular formula is C15H20N2O7. The first kappa shape index (κ1) is 19.4. The van der Waals surface area contributed by atoms with E-state index in [9.17, 15) is 24.8 Å². The quantitative estimate of drug-likeness (QED) is 0.474. The molecule has 0 fully saturated rings. The van der Waals surface area contributed by atoms with Gasteiger partial charge in [0.25, 0.3) is 5.69 Å². The standard InChI is InChI=1S/C15H20N2O7/c1-15(2,3)24-14(20)16-11(12(18)13(19)23-4)9-5-7-10(8-6-9)17(21)22/h5-8,11-12,18H,1-4H3,(H,16,20)/t11-,12+/m0/s1. The molecule has 2 atom stereocenters. The van der Waals surface area contributed by atoms with Crippen molar-refractivity contribution in [3.63, 3.8) is 0 Å². The predicted octanol–water partition coefficient (Wildman–Crippen LogP) is 1.69. The predicted molar refractivity (Wildman–Crippen MR) is 83.2 cm³/mol. The highest BCUT2D eigenvalue weighted by Gasteiger charge is 2.31. The van der Waals surface area contributed by atoms with Gasteiger partial charge in [-0.2, -0.15) is 0 Å². The molecule has 1 aromatic rings. The number of hydrogen-bond acceptors (Lipinski definition) is 7. The fourth-order valence-corrected chi connectivity index (χ4v) is 1.84. The van der Waals surface area contributed by atoms with Crippen LogP contribution in [0.2, 0.25) is 0 Å².